The van der Waals surface area contributed by atoms with E-state index in [0.717, 1.165) is 23.6 Å². The highest BCUT2D eigenvalue weighted by molar-refractivity contribution is 5.76. The summed E-state index contributed by atoms with van der Waals surface area (Å²) in [4.78, 5) is 6.84. The van der Waals surface area contributed by atoms with Gasteiger partial charge in [0.1, 0.15) is 11.6 Å². The van der Waals surface area contributed by atoms with Gasteiger partial charge in [-0.25, -0.2) is 4.98 Å². The Balaban J connectivity index is 1.73. The van der Waals surface area contributed by atoms with E-state index in [1.54, 1.807) is 7.11 Å². The van der Waals surface area contributed by atoms with Crippen molar-refractivity contribution in [3.05, 3.63) is 59.4 Å². The van der Waals surface area contributed by atoms with Crippen LogP contribution in [-0.2, 0) is 7.05 Å². The van der Waals surface area contributed by atoms with Gasteiger partial charge in [0, 0.05) is 25.7 Å². The summed E-state index contributed by atoms with van der Waals surface area (Å²) in [6.45, 7) is 5.12. The summed E-state index contributed by atoms with van der Waals surface area (Å²) in [6.07, 6.45) is 0. The summed E-state index contributed by atoms with van der Waals surface area (Å²) in [7, 11) is 8.00. The number of fused-ring (bicyclic) bond motifs is 1. The molecule has 0 aliphatic carbocycles. The standard InChI is InChI=1S/C22H30N4O/c1-15(18-9-12-20-21(13-18)26(5)16(2)24-20)23-14-22(25(3)4)17-7-10-19(27-6)11-8-17/h7-13,15,22-23H,14H2,1-6H3. The molecule has 0 saturated heterocycles. The highest BCUT2D eigenvalue weighted by Gasteiger charge is 2.16. The van der Waals surface area contributed by atoms with Crippen LogP contribution in [0.5, 0.6) is 5.75 Å². The molecule has 1 aromatic heterocycles. The lowest BCUT2D eigenvalue weighted by molar-refractivity contribution is 0.281. The fourth-order valence-corrected chi connectivity index (χ4v) is 3.43. The lowest BCUT2D eigenvalue weighted by Crippen LogP contribution is -2.32. The molecule has 3 aromatic rings. The van der Waals surface area contributed by atoms with Crippen molar-refractivity contribution in [2.45, 2.75) is 25.9 Å². The second kappa shape index (κ2) is 8.11. The van der Waals surface area contributed by atoms with Gasteiger partial charge < -0.3 is 19.5 Å². The van der Waals surface area contributed by atoms with Crippen LogP contribution >= 0.6 is 0 Å². The van der Waals surface area contributed by atoms with Crippen LogP contribution in [-0.4, -0.2) is 42.2 Å². The lowest BCUT2D eigenvalue weighted by atomic mass is 10.0. The Morgan fingerprint density at radius 3 is 2.41 bits per heavy atom. The minimum absolute atomic E-state index is 0.255. The van der Waals surface area contributed by atoms with Crippen molar-refractivity contribution in [2.75, 3.05) is 27.7 Å². The predicted molar refractivity (Wildman–Crippen MR) is 111 cm³/mol. The van der Waals surface area contributed by atoms with Crippen LogP contribution in [0.2, 0.25) is 0 Å². The molecule has 2 atom stereocenters. The highest BCUT2D eigenvalue weighted by Crippen LogP contribution is 2.24. The van der Waals surface area contributed by atoms with Crippen molar-refractivity contribution >= 4 is 11.0 Å². The van der Waals surface area contributed by atoms with E-state index in [4.69, 9.17) is 4.74 Å². The molecule has 0 saturated carbocycles. The number of benzene rings is 2. The Morgan fingerprint density at radius 1 is 1.11 bits per heavy atom. The molecule has 3 rings (SSSR count). The Hall–Kier alpha value is -2.37. The molecule has 2 aromatic carbocycles. The van der Waals surface area contributed by atoms with Crippen molar-refractivity contribution < 1.29 is 4.74 Å². The number of methoxy groups -OCH3 is 1. The number of hydrogen-bond acceptors (Lipinski definition) is 4. The van der Waals surface area contributed by atoms with Crippen molar-refractivity contribution in [1.29, 1.82) is 0 Å². The largest absolute Gasteiger partial charge is 0.497 e. The van der Waals surface area contributed by atoms with Gasteiger partial charge in [-0.3, -0.25) is 0 Å². The van der Waals surface area contributed by atoms with Gasteiger partial charge in [-0.2, -0.15) is 0 Å². The molecule has 27 heavy (non-hydrogen) atoms. The summed E-state index contributed by atoms with van der Waals surface area (Å²) < 4.78 is 7.42. The van der Waals surface area contributed by atoms with E-state index < -0.39 is 0 Å². The number of nitrogens with zero attached hydrogens (tertiary/aromatic N) is 3. The van der Waals surface area contributed by atoms with Gasteiger partial charge >= 0.3 is 0 Å². The first-order valence-corrected chi connectivity index (χ1v) is 9.37. The zero-order valence-electron chi connectivity index (χ0n) is 17.2. The van der Waals surface area contributed by atoms with E-state index in [1.807, 2.05) is 19.1 Å². The quantitative estimate of drug-likeness (QED) is 0.690. The maximum Gasteiger partial charge on any atom is 0.118 e. The van der Waals surface area contributed by atoms with E-state index in [1.165, 1.54) is 16.6 Å². The topological polar surface area (TPSA) is 42.3 Å². The third-order valence-electron chi connectivity index (χ3n) is 5.37. The third-order valence-corrected chi connectivity index (χ3v) is 5.37. The van der Waals surface area contributed by atoms with Crippen molar-refractivity contribution in [3.8, 4) is 5.75 Å². The van der Waals surface area contributed by atoms with Gasteiger partial charge in [0.05, 0.1) is 18.1 Å². The van der Waals surface area contributed by atoms with Crippen LogP contribution in [0.3, 0.4) is 0 Å². The van der Waals surface area contributed by atoms with Crippen molar-refractivity contribution in [3.63, 3.8) is 0 Å². The molecule has 0 aliphatic heterocycles. The first kappa shape index (κ1) is 19.4. The number of ether oxygens (including phenoxy) is 1. The summed E-state index contributed by atoms with van der Waals surface area (Å²) in [5.74, 6) is 1.92. The van der Waals surface area contributed by atoms with Gasteiger partial charge in [-0.1, -0.05) is 18.2 Å². The SMILES string of the molecule is COc1ccc(C(CNC(C)c2ccc3nc(C)n(C)c3c2)N(C)C)cc1. The monoisotopic (exact) mass is 366 g/mol. The summed E-state index contributed by atoms with van der Waals surface area (Å²) in [6, 6.07) is 15.4. The molecular weight excluding hydrogens is 336 g/mol. The van der Waals surface area contributed by atoms with Crippen molar-refractivity contribution in [2.24, 2.45) is 7.05 Å². The average Bonchev–Trinajstić information content (AvgIpc) is 2.95. The summed E-state index contributed by atoms with van der Waals surface area (Å²) in [5.41, 5.74) is 4.78. The zero-order valence-corrected chi connectivity index (χ0v) is 17.2. The van der Waals surface area contributed by atoms with Crippen LogP contribution in [0.15, 0.2) is 42.5 Å². The molecule has 5 heteroatoms. The first-order valence-electron chi connectivity index (χ1n) is 9.37. The van der Waals surface area contributed by atoms with E-state index >= 15 is 0 Å². The summed E-state index contributed by atoms with van der Waals surface area (Å²) in [5, 5.41) is 3.70. The molecule has 144 valence electrons. The molecule has 0 bridgehead atoms. The minimum Gasteiger partial charge on any atom is -0.497 e. The van der Waals surface area contributed by atoms with Gasteiger partial charge in [0.2, 0.25) is 0 Å². The fourth-order valence-electron chi connectivity index (χ4n) is 3.43. The van der Waals surface area contributed by atoms with E-state index in [-0.39, 0.29) is 6.04 Å². The van der Waals surface area contributed by atoms with Crippen LogP contribution in [0.25, 0.3) is 11.0 Å². The fraction of sp³-hybridized carbons (Fsp3) is 0.409. The molecule has 0 fully saturated rings. The normalized spacial score (nSPS) is 13.9. The van der Waals surface area contributed by atoms with Crippen molar-refractivity contribution in [1.82, 2.24) is 19.8 Å². The smallest absolute Gasteiger partial charge is 0.118 e. The molecule has 2 unspecified atom stereocenters. The van der Waals surface area contributed by atoms with E-state index in [2.05, 4.69) is 78.2 Å². The highest BCUT2D eigenvalue weighted by atomic mass is 16.5. The van der Waals surface area contributed by atoms with E-state index in [9.17, 15) is 0 Å². The Labute approximate surface area is 162 Å². The Kier molecular flexibility index (Phi) is 5.82. The Morgan fingerprint density at radius 2 is 1.78 bits per heavy atom. The second-order valence-corrected chi connectivity index (χ2v) is 7.35. The van der Waals surface area contributed by atoms with Gasteiger partial charge in [-0.05, 0) is 63.3 Å². The molecule has 0 aliphatic rings. The number of aromatic nitrogens is 2. The zero-order chi connectivity index (χ0) is 19.6. The molecule has 1 N–H and O–H groups in total. The third kappa shape index (κ3) is 4.15. The second-order valence-electron chi connectivity index (χ2n) is 7.35. The maximum atomic E-state index is 5.28. The Bertz CT molecular complexity index is 899. The number of likely N-dealkylation sites (N-methyl/N-ethyl adjacent to an activating group) is 1. The number of hydrogen-bond donors (Lipinski definition) is 1. The number of rotatable bonds is 7. The maximum absolute atomic E-state index is 5.28. The first-order chi connectivity index (χ1) is 12.9. The van der Waals surface area contributed by atoms with Crippen LogP contribution in [0.4, 0.5) is 0 Å². The minimum atomic E-state index is 0.255. The van der Waals surface area contributed by atoms with Crippen LogP contribution < -0.4 is 10.1 Å². The lowest BCUT2D eigenvalue weighted by Gasteiger charge is -2.27. The molecular formula is C22H30N4O. The number of aryl methyl sites for hydroxylation is 2. The predicted octanol–water partition coefficient (Wildman–Crippen LogP) is 3.84. The molecule has 1 heterocycles. The molecule has 0 amide bonds. The summed E-state index contributed by atoms with van der Waals surface area (Å²) >= 11 is 0. The molecule has 0 radical (unpaired) electrons. The van der Waals surface area contributed by atoms with Crippen LogP contribution in [0, 0.1) is 6.92 Å². The average molecular weight is 367 g/mol. The number of imidazole rings is 1. The molecule has 0 spiro atoms. The molecule has 5 nitrogen and oxygen atoms in total. The van der Waals surface area contributed by atoms with Gasteiger partial charge in [-0.15, -0.1) is 0 Å². The van der Waals surface area contributed by atoms with Gasteiger partial charge in [0.15, 0.2) is 0 Å². The number of nitrogens with one attached hydrogen (secondary N) is 1. The van der Waals surface area contributed by atoms with Gasteiger partial charge in [0.25, 0.3) is 0 Å². The van der Waals surface area contributed by atoms with E-state index in [0.29, 0.717) is 6.04 Å². The van der Waals surface area contributed by atoms with Crippen LogP contribution in [0.1, 0.15) is 36.0 Å².